The summed E-state index contributed by atoms with van der Waals surface area (Å²) in [6.45, 7) is 1.38. The van der Waals surface area contributed by atoms with Crippen molar-refractivity contribution >= 4 is 35.5 Å². The minimum atomic E-state index is -0.730. The van der Waals surface area contributed by atoms with Crippen LogP contribution in [0, 0.1) is 0 Å². The fraction of sp³-hybridized carbons (Fsp3) is 0.643. The van der Waals surface area contributed by atoms with Crippen molar-refractivity contribution in [2.45, 2.75) is 74.7 Å². The van der Waals surface area contributed by atoms with Crippen LogP contribution in [0.2, 0.25) is 0 Å². The molecule has 1 aromatic carbocycles. The molecule has 11 nitrogen and oxygen atoms in total. The summed E-state index contributed by atoms with van der Waals surface area (Å²) in [6, 6.07) is 7.44. The van der Waals surface area contributed by atoms with Crippen molar-refractivity contribution in [1.82, 2.24) is 26.2 Å². The van der Waals surface area contributed by atoms with Crippen molar-refractivity contribution in [3.05, 3.63) is 29.8 Å². The van der Waals surface area contributed by atoms with Crippen LogP contribution < -0.4 is 31.7 Å². The highest BCUT2D eigenvalue weighted by Gasteiger charge is 2.42. The number of nitrogens with one attached hydrogen (secondary N) is 4. The van der Waals surface area contributed by atoms with E-state index in [0.717, 1.165) is 42.7 Å². The fourth-order valence-electron chi connectivity index (χ4n) is 5.03. The average Bonchev–Trinajstić information content (AvgIpc) is 3.48. The Balaban J connectivity index is 1.22. The minimum Gasteiger partial charge on any atom is -0.497 e. The van der Waals surface area contributed by atoms with E-state index >= 15 is 0 Å². The zero-order valence-corrected chi connectivity index (χ0v) is 24.4. The Bertz CT molecular complexity index is 994. The molecule has 0 aliphatic carbocycles. The van der Waals surface area contributed by atoms with Crippen LogP contribution in [0.5, 0.6) is 5.75 Å². The molecule has 4 atom stereocenters. The van der Waals surface area contributed by atoms with Gasteiger partial charge in [0.2, 0.25) is 17.7 Å². The maximum atomic E-state index is 12.5. The summed E-state index contributed by atoms with van der Waals surface area (Å²) in [5.74, 6) is 0.965. The summed E-state index contributed by atoms with van der Waals surface area (Å²) in [5.41, 5.74) is 6.66. The van der Waals surface area contributed by atoms with Gasteiger partial charge in [-0.1, -0.05) is 18.6 Å². The number of amides is 5. The minimum absolute atomic E-state index is 0.0187. The highest BCUT2D eigenvalue weighted by Crippen LogP contribution is 2.33. The zero-order valence-electron chi connectivity index (χ0n) is 23.6. The van der Waals surface area contributed by atoms with Crippen LogP contribution in [0.3, 0.4) is 0 Å². The van der Waals surface area contributed by atoms with E-state index in [1.165, 1.54) is 0 Å². The van der Waals surface area contributed by atoms with E-state index in [2.05, 4.69) is 21.3 Å². The number of fused-ring (bicyclic) bond motifs is 1. The van der Waals surface area contributed by atoms with E-state index in [1.54, 1.807) is 7.11 Å². The van der Waals surface area contributed by atoms with Gasteiger partial charge in [-0.3, -0.25) is 19.3 Å². The van der Waals surface area contributed by atoms with Crippen molar-refractivity contribution in [3.8, 4) is 5.75 Å². The summed E-state index contributed by atoms with van der Waals surface area (Å²) in [6.07, 6.45) is 5.79. The number of carbonyl (C=O) groups excluding carboxylic acids is 4. The quantitative estimate of drug-likeness (QED) is 0.130. The Morgan fingerprint density at radius 3 is 2.62 bits per heavy atom. The number of benzene rings is 1. The summed E-state index contributed by atoms with van der Waals surface area (Å²) in [5, 5.41) is 12.0. The zero-order chi connectivity index (χ0) is 28.9. The molecule has 2 heterocycles. The molecule has 0 bridgehead atoms. The van der Waals surface area contributed by atoms with E-state index < -0.39 is 11.9 Å². The first-order valence-electron chi connectivity index (χ1n) is 14.1. The number of methoxy groups -OCH3 is 1. The predicted octanol–water partition coefficient (Wildman–Crippen LogP) is 1.15. The Labute approximate surface area is 241 Å². The highest BCUT2D eigenvalue weighted by atomic mass is 32.2. The van der Waals surface area contributed by atoms with Crippen LogP contribution in [-0.4, -0.2) is 91.6 Å². The maximum absolute atomic E-state index is 12.5. The van der Waals surface area contributed by atoms with Crippen LogP contribution in [-0.2, 0) is 20.8 Å². The molecule has 0 spiro atoms. The van der Waals surface area contributed by atoms with Gasteiger partial charge in [-0.05, 0) is 63.3 Å². The number of ether oxygens (including phenoxy) is 1. The molecule has 12 heteroatoms. The largest absolute Gasteiger partial charge is 0.497 e. The third-order valence-corrected chi connectivity index (χ3v) is 8.86. The van der Waals surface area contributed by atoms with Gasteiger partial charge in [0.1, 0.15) is 11.8 Å². The van der Waals surface area contributed by atoms with Crippen LogP contribution in [0.1, 0.15) is 50.5 Å². The smallest absolute Gasteiger partial charge is 0.315 e. The molecular formula is C28H44N6O5S. The van der Waals surface area contributed by atoms with Crippen LogP contribution in [0.25, 0.3) is 0 Å². The summed E-state index contributed by atoms with van der Waals surface area (Å²) in [7, 11) is 3.49. The second kappa shape index (κ2) is 16.3. The number of nitrogens with zero attached hydrogens (tertiary/aromatic N) is 1. The summed E-state index contributed by atoms with van der Waals surface area (Å²) in [4.78, 5) is 49.9. The number of primary amides is 1. The van der Waals surface area contributed by atoms with E-state index in [9.17, 15) is 19.2 Å². The second-order valence-electron chi connectivity index (χ2n) is 10.6. The van der Waals surface area contributed by atoms with Gasteiger partial charge in [-0.15, -0.1) is 0 Å². The lowest BCUT2D eigenvalue weighted by Crippen LogP contribution is -2.47. The first kappa shape index (κ1) is 31.5. The van der Waals surface area contributed by atoms with Crippen molar-refractivity contribution in [3.63, 3.8) is 0 Å². The molecule has 5 amide bonds. The average molecular weight is 577 g/mol. The molecule has 0 aromatic heterocycles. The molecule has 6 N–H and O–H groups in total. The Hall–Kier alpha value is -2.99. The Morgan fingerprint density at radius 1 is 1.12 bits per heavy atom. The monoisotopic (exact) mass is 576 g/mol. The van der Waals surface area contributed by atoms with E-state index in [4.69, 9.17) is 10.5 Å². The van der Waals surface area contributed by atoms with Crippen LogP contribution in [0.4, 0.5) is 4.79 Å². The lowest BCUT2D eigenvalue weighted by Gasteiger charge is -2.20. The molecule has 40 heavy (non-hydrogen) atoms. The molecule has 2 aliphatic heterocycles. The SMILES string of the molecule is COc1ccc(CCN(C)CC(=O)N[C@@H](CCCCNC(=O)CCCCC2SC[C@H]3NC(=O)N[C@@H]23)C(N)=O)cc1. The highest BCUT2D eigenvalue weighted by molar-refractivity contribution is 8.00. The standard InChI is InChI=1S/C28H44N6O5S/c1-34(16-14-19-10-12-20(39-2)13-11-19)17-25(36)31-21(27(29)37)7-5-6-15-30-24(35)9-4-3-8-23-26-22(18-40-23)32-28(38)33-26/h10-13,21-23,26H,3-9,14-18H2,1-2H3,(H2,29,37)(H,30,35)(H,31,36)(H2,32,33,38)/t21-,22+,23?,26+/m0/s1. The van der Waals surface area contributed by atoms with Crippen molar-refractivity contribution in [1.29, 1.82) is 0 Å². The van der Waals surface area contributed by atoms with E-state index in [1.807, 2.05) is 48.0 Å². The van der Waals surface area contributed by atoms with Gasteiger partial charge in [0, 0.05) is 30.5 Å². The molecule has 1 unspecified atom stereocenters. The van der Waals surface area contributed by atoms with Crippen molar-refractivity contribution in [2.24, 2.45) is 5.73 Å². The number of unbranched alkanes of at least 4 members (excludes halogenated alkanes) is 2. The third kappa shape index (κ3) is 10.5. The lowest BCUT2D eigenvalue weighted by atomic mass is 10.0. The van der Waals surface area contributed by atoms with Gasteiger partial charge >= 0.3 is 6.03 Å². The molecule has 222 valence electrons. The number of thioether (sulfide) groups is 1. The van der Waals surface area contributed by atoms with Crippen molar-refractivity contribution in [2.75, 3.05) is 39.5 Å². The van der Waals surface area contributed by atoms with Gasteiger partial charge in [0.15, 0.2) is 0 Å². The maximum Gasteiger partial charge on any atom is 0.315 e. The number of rotatable bonds is 18. The van der Waals surface area contributed by atoms with Gasteiger partial charge in [0.05, 0.1) is 25.7 Å². The van der Waals surface area contributed by atoms with Gasteiger partial charge in [0.25, 0.3) is 0 Å². The number of urea groups is 1. The first-order chi connectivity index (χ1) is 19.2. The van der Waals surface area contributed by atoms with Crippen molar-refractivity contribution < 1.29 is 23.9 Å². The summed E-state index contributed by atoms with van der Waals surface area (Å²) < 4.78 is 5.17. The molecular weight excluding hydrogens is 532 g/mol. The third-order valence-electron chi connectivity index (χ3n) is 7.36. The fourth-order valence-corrected chi connectivity index (χ4v) is 6.57. The van der Waals surface area contributed by atoms with E-state index in [-0.39, 0.29) is 36.5 Å². The molecule has 0 saturated carbocycles. The topological polar surface area (TPSA) is 155 Å². The number of nitrogens with two attached hydrogens (primary N) is 1. The van der Waals surface area contributed by atoms with Gasteiger partial charge < -0.3 is 31.7 Å². The Kier molecular flexibility index (Phi) is 12.9. The summed E-state index contributed by atoms with van der Waals surface area (Å²) >= 11 is 1.88. The van der Waals surface area contributed by atoms with Gasteiger partial charge in [-0.25, -0.2) is 4.79 Å². The molecule has 2 saturated heterocycles. The predicted molar refractivity (Wildman–Crippen MR) is 156 cm³/mol. The first-order valence-corrected chi connectivity index (χ1v) is 15.2. The molecule has 0 radical (unpaired) electrons. The lowest BCUT2D eigenvalue weighted by molar-refractivity contribution is -0.128. The molecule has 3 rings (SSSR count). The number of likely N-dealkylation sites (N-methyl/N-ethyl adjacent to an activating group) is 1. The van der Waals surface area contributed by atoms with Gasteiger partial charge in [-0.2, -0.15) is 11.8 Å². The Morgan fingerprint density at radius 2 is 1.90 bits per heavy atom. The molecule has 2 fully saturated rings. The van der Waals surface area contributed by atoms with Crippen LogP contribution >= 0.6 is 11.8 Å². The number of carbonyl (C=O) groups is 4. The second-order valence-corrected chi connectivity index (χ2v) is 11.8. The molecule has 2 aliphatic rings. The number of hydrogen-bond acceptors (Lipinski definition) is 7. The number of hydrogen-bond donors (Lipinski definition) is 5. The van der Waals surface area contributed by atoms with E-state index in [0.29, 0.717) is 44.0 Å². The normalized spacial score (nSPS) is 20.4. The molecule has 1 aromatic rings. The van der Waals surface area contributed by atoms with Crippen LogP contribution in [0.15, 0.2) is 24.3 Å².